The predicted octanol–water partition coefficient (Wildman–Crippen LogP) is 7.89. The first kappa shape index (κ1) is 25.8. The first-order valence-corrected chi connectivity index (χ1v) is 12.7. The smallest absolute Gasteiger partial charge is 0.331 e. The van der Waals surface area contributed by atoms with Crippen LogP contribution in [-0.4, -0.2) is 21.6 Å². The van der Waals surface area contributed by atoms with E-state index in [9.17, 15) is 13.2 Å². The summed E-state index contributed by atoms with van der Waals surface area (Å²) >= 11 is 11.5. The highest BCUT2D eigenvalue weighted by molar-refractivity contribution is 7.81. The van der Waals surface area contributed by atoms with Gasteiger partial charge >= 0.3 is 6.18 Å². The molecule has 1 saturated carbocycles. The van der Waals surface area contributed by atoms with Gasteiger partial charge in [-0.15, -0.1) is 0 Å². The maximum Gasteiger partial charge on any atom is 0.407 e. The number of benzene rings is 3. The van der Waals surface area contributed by atoms with Crippen molar-refractivity contribution in [3.05, 3.63) is 95.3 Å². The normalized spacial score (nSPS) is 17.4. The summed E-state index contributed by atoms with van der Waals surface area (Å²) in [6, 6.07) is 20.8. The standard InChI is InChI=1S/C28H22F3N5S2/c1-18-9-11-20(12-10-18)36-26(38)35(21-13-14-23(32-2)22(17-21)28(29,30)31)24(27(36)15-6-16-27)34-25(37)33-19-7-4-3-5-8-19/h3-5,7-14,17H,6,15-16H2,1H3,(H,33,37)/b34-24+. The highest BCUT2D eigenvalue weighted by Gasteiger charge is 2.58. The number of alkyl halides is 3. The van der Waals surface area contributed by atoms with E-state index < -0.39 is 23.0 Å². The molecule has 1 N–H and O–H groups in total. The van der Waals surface area contributed by atoms with Gasteiger partial charge in [0.05, 0.1) is 12.1 Å². The molecule has 10 heteroatoms. The molecule has 2 fully saturated rings. The maximum atomic E-state index is 13.9. The number of hydrogen-bond acceptors (Lipinski definition) is 2. The number of thiocarbonyl (C=S) groups is 2. The molecule has 1 saturated heterocycles. The van der Waals surface area contributed by atoms with E-state index in [-0.39, 0.29) is 10.8 Å². The lowest BCUT2D eigenvalue weighted by Gasteiger charge is -2.44. The molecular weight excluding hydrogens is 527 g/mol. The summed E-state index contributed by atoms with van der Waals surface area (Å²) in [5.74, 6) is 0.464. The average molecular weight is 550 g/mol. The molecule has 1 aliphatic carbocycles. The highest BCUT2D eigenvalue weighted by atomic mass is 32.1. The molecule has 0 bridgehead atoms. The van der Waals surface area contributed by atoms with Crippen LogP contribution in [0.2, 0.25) is 0 Å². The predicted molar refractivity (Wildman–Crippen MR) is 153 cm³/mol. The van der Waals surface area contributed by atoms with E-state index in [1.54, 1.807) is 4.90 Å². The second-order valence-corrected chi connectivity index (χ2v) is 9.97. The van der Waals surface area contributed by atoms with Crippen molar-refractivity contribution in [2.75, 3.05) is 15.1 Å². The summed E-state index contributed by atoms with van der Waals surface area (Å²) in [5.41, 5.74) is 0.667. The van der Waals surface area contributed by atoms with Gasteiger partial charge in [-0.1, -0.05) is 42.0 Å². The van der Waals surface area contributed by atoms with Crippen molar-refractivity contribution in [3.63, 3.8) is 0 Å². The van der Waals surface area contributed by atoms with Crippen LogP contribution in [0, 0.1) is 13.5 Å². The van der Waals surface area contributed by atoms with Gasteiger partial charge in [0.25, 0.3) is 0 Å². The zero-order valence-electron chi connectivity index (χ0n) is 20.3. The third kappa shape index (κ3) is 4.52. The van der Waals surface area contributed by atoms with E-state index in [4.69, 9.17) is 36.0 Å². The Balaban J connectivity index is 1.66. The molecular formula is C28H22F3N5S2. The van der Waals surface area contributed by atoms with Gasteiger partial charge in [-0.2, -0.15) is 13.2 Å². The zero-order chi connectivity index (χ0) is 27.1. The van der Waals surface area contributed by atoms with Crippen LogP contribution in [-0.2, 0) is 6.18 Å². The number of aliphatic imine (C=N–C) groups is 1. The fraction of sp³-hybridized carbons (Fsp3) is 0.214. The minimum atomic E-state index is -4.70. The molecule has 3 aromatic rings. The molecule has 1 aliphatic heterocycles. The molecule has 5 nitrogen and oxygen atoms in total. The van der Waals surface area contributed by atoms with Crippen LogP contribution in [0.1, 0.15) is 30.4 Å². The topological polar surface area (TPSA) is 35.2 Å². The van der Waals surface area contributed by atoms with Crippen LogP contribution in [0.4, 0.5) is 35.9 Å². The molecule has 5 rings (SSSR count). The molecule has 0 aromatic heterocycles. The summed E-state index contributed by atoms with van der Waals surface area (Å²) in [6.07, 6.45) is -2.39. The van der Waals surface area contributed by atoms with Crippen LogP contribution >= 0.6 is 24.4 Å². The Morgan fingerprint density at radius 2 is 1.68 bits per heavy atom. The van der Waals surface area contributed by atoms with E-state index in [1.807, 2.05) is 66.4 Å². The van der Waals surface area contributed by atoms with Crippen LogP contribution < -0.4 is 15.1 Å². The van der Waals surface area contributed by atoms with Gasteiger partial charge in [-0.25, -0.2) is 9.84 Å². The fourth-order valence-corrected chi connectivity index (χ4v) is 5.51. The van der Waals surface area contributed by atoms with Gasteiger partial charge in [0.15, 0.2) is 15.9 Å². The van der Waals surface area contributed by atoms with Crippen molar-refractivity contribution in [1.82, 2.24) is 0 Å². The van der Waals surface area contributed by atoms with Crippen molar-refractivity contribution in [2.45, 2.75) is 37.9 Å². The zero-order valence-corrected chi connectivity index (χ0v) is 21.9. The summed E-state index contributed by atoms with van der Waals surface area (Å²) in [7, 11) is 0. The number of anilines is 3. The van der Waals surface area contributed by atoms with Crippen molar-refractivity contribution in [2.24, 2.45) is 4.99 Å². The molecule has 192 valence electrons. The molecule has 0 radical (unpaired) electrons. The first-order valence-electron chi connectivity index (χ1n) is 11.9. The SMILES string of the molecule is [C-]#[N+]c1ccc(N2C(=S)N(c3ccc(C)cc3)C3(CCC3)/C2=N\C(=S)Nc2ccccc2)cc1C(F)(F)F. The van der Waals surface area contributed by atoms with E-state index in [1.165, 1.54) is 12.1 Å². The lowest BCUT2D eigenvalue weighted by atomic mass is 9.74. The largest absolute Gasteiger partial charge is 0.407 e. The second kappa shape index (κ2) is 9.82. The fourth-order valence-electron chi connectivity index (χ4n) is 4.84. The molecule has 38 heavy (non-hydrogen) atoms. The van der Waals surface area contributed by atoms with Crippen LogP contribution in [0.25, 0.3) is 4.85 Å². The van der Waals surface area contributed by atoms with Crippen molar-refractivity contribution in [3.8, 4) is 0 Å². The van der Waals surface area contributed by atoms with E-state index in [0.717, 1.165) is 29.4 Å². The lowest BCUT2D eigenvalue weighted by Crippen LogP contribution is -2.55. The van der Waals surface area contributed by atoms with E-state index >= 15 is 0 Å². The molecule has 3 aromatic carbocycles. The van der Waals surface area contributed by atoms with Gasteiger partial charge in [0.2, 0.25) is 0 Å². The third-order valence-electron chi connectivity index (χ3n) is 6.81. The monoisotopic (exact) mass is 549 g/mol. The van der Waals surface area contributed by atoms with E-state index in [2.05, 4.69) is 10.2 Å². The molecule has 1 heterocycles. The molecule has 0 atom stereocenters. The van der Waals surface area contributed by atoms with Gasteiger partial charge < -0.3 is 10.2 Å². The second-order valence-electron chi connectivity index (χ2n) is 9.22. The number of para-hydroxylation sites is 1. The number of amidine groups is 1. The Morgan fingerprint density at radius 3 is 2.26 bits per heavy atom. The minimum absolute atomic E-state index is 0.171. The molecule has 0 amide bonds. The molecule has 0 unspecified atom stereocenters. The van der Waals surface area contributed by atoms with Gasteiger partial charge in [0, 0.05) is 17.1 Å². The number of rotatable bonds is 3. The number of halogens is 3. The van der Waals surface area contributed by atoms with Gasteiger partial charge in [0.1, 0.15) is 11.4 Å². The quantitative estimate of drug-likeness (QED) is 0.266. The maximum absolute atomic E-state index is 13.9. The van der Waals surface area contributed by atoms with Crippen LogP contribution in [0.3, 0.4) is 0 Å². The minimum Gasteiger partial charge on any atom is -0.331 e. The molecule has 1 spiro atoms. The summed E-state index contributed by atoms with van der Waals surface area (Å²) in [5, 5.41) is 3.57. The molecule has 2 aliphatic rings. The first-order chi connectivity index (χ1) is 18.1. The van der Waals surface area contributed by atoms with Crippen molar-refractivity contribution >= 4 is 63.2 Å². The van der Waals surface area contributed by atoms with E-state index in [0.29, 0.717) is 23.8 Å². The Labute approximate surface area is 229 Å². The average Bonchev–Trinajstić information content (AvgIpc) is 3.12. The summed E-state index contributed by atoms with van der Waals surface area (Å²) in [4.78, 5) is 11.4. The number of nitrogens with zero attached hydrogens (tertiary/aromatic N) is 4. The van der Waals surface area contributed by atoms with Gasteiger partial charge in [-0.05, 0) is 87.0 Å². The Hall–Kier alpha value is -3.81. The van der Waals surface area contributed by atoms with Crippen molar-refractivity contribution < 1.29 is 13.2 Å². The lowest BCUT2D eigenvalue weighted by molar-refractivity contribution is -0.136. The Bertz CT molecular complexity index is 1470. The summed E-state index contributed by atoms with van der Waals surface area (Å²) < 4.78 is 41.7. The van der Waals surface area contributed by atoms with Crippen molar-refractivity contribution in [1.29, 1.82) is 0 Å². The highest BCUT2D eigenvalue weighted by Crippen LogP contribution is 2.49. The number of hydrogen-bond donors (Lipinski definition) is 1. The Kier molecular flexibility index (Phi) is 6.67. The third-order valence-corrected chi connectivity index (χ3v) is 7.37. The van der Waals surface area contributed by atoms with Gasteiger partial charge in [-0.3, -0.25) is 4.90 Å². The number of aryl methyl sites for hydroxylation is 1. The van der Waals surface area contributed by atoms with Crippen LogP contribution in [0.5, 0.6) is 0 Å². The Morgan fingerprint density at radius 1 is 1.03 bits per heavy atom. The van der Waals surface area contributed by atoms with Crippen LogP contribution in [0.15, 0.2) is 77.8 Å². The summed E-state index contributed by atoms with van der Waals surface area (Å²) in [6.45, 7) is 9.20. The number of nitrogens with one attached hydrogen (secondary N) is 1.